The van der Waals surface area contributed by atoms with E-state index in [0.717, 1.165) is 0 Å². The van der Waals surface area contributed by atoms with Crippen molar-refractivity contribution in [3.8, 4) is 0 Å². The first-order valence-electron chi connectivity index (χ1n) is 4.45. The van der Waals surface area contributed by atoms with Gasteiger partial charge in [-0.25, -0.2) is 4.98 Å². The van der Waals surface area contributed by atoms with Crippen LogP contribution in [0.15, 0.2) is 18.3 Å². The highest BCUT2D eigenvalue weighted by Gasteiger charge is 2.11. The summed E-state index contributed by atoms with van der Waals surface area (Å²) in [7, 11) is 0. The Kier molecular flexibility index (Phi) is 3.54. The zero-order chi connectivity index (χ0) is 7.52. The van der Waals surface area contributed by atoms with Gasteiger partial charge in [-0.15, -0.1) is 0 Å². The zero-order valence-corrected chi connectivity index (χ0v) is 7.90. The summed E-state index contributed by atoms with van der Waals surface area (Å²) in [6.45, 7) is 0. The van der Waals surface area contributed by atoms with E-state index >= 15 is 0 Å². The number of H-pyrrole nitrogens is 1. The van der Waals surface area contributed by atoms with Gasteiger partial charge in [0.25, 0.3) is 0 Å². The lowest BCUT2D eigenvalue weighted by Gasteiger charge is -1.95. The topological polar surface area (TPSA) is 14.1 Å². The Bertz CT molecular complexity index is 222. The van der Waals surface area contributed by atoms with Gasteiger partial charge in [0.1, 0.15) is 0 Å². The van der Waals surface area contributed by atoms with Crippen molar-refractivity contribution in [2.75, 3.05) is 0 Å². The van der Waals surface area contributed by atoms with Gasteiger partial charge in [-0.1, -0.05) is 6.42 Å². The largest absolute Gasteiger partial charge is 1.00 e. The van der Waals surface area contributed by atoms with Crippen LogP contribution < -0.4 is 17.4 Å². The molecule has 0 spiro atoms. The van der Waals surface area contributed by atoms with Gasteiger partial charge in [-0.3, -0.25) is 0 Å². The van der Waals surface area contributed by atoms with Crippen LogP contribution in [-0.2, 0) is 12.8 Å². The minimum absolute atomic E-state index is 0. The number of rotatable bonds is 0. The first-order chi connectivity index (χ1) is 5.47. The molecule has 2 rings (SSSR count). The summed E-state index contributed by atoms with van der Waals surface area (Å²) >= 11 is 0. The van der Waals surface area contributed by atoms with Crippen molar-refractivity contribution in [2.24, 2.45) is 0 Å². The molecule has 0 aromatic carbocycles. The van der Waals surface area contributed by atoms with E-state index in [0.29, 0.717) is 0 Å². The van der Waals surface area contributed by atoms with Crippen LogP contribution >= 0.6 is 0 Å². The number of aromatic amines is 1. The standard InChI is InChI=1S/C10H13N.ClH/c1-2-5-9-6-4-8-11-10(9)7-3-1;/h4,6,8H,1-3,5,7H2;1H. The SMILES string of the molecule is [Cl-].c1c[nH+]c2c(c1)CCCCC2. The molecule has 0 fully saturated rings. The molecule has 0 atom stereocenters. The first kappa shape index (κ1) is 9.53. The van der Waals surface area contributed by atoms with Gasteiger partial charge in [0.05, 0.1) is 0 Å². The smallest absolute Gasteiger partial charge is 0.182 e. The van der Waals surface area contributed by atoms with Crippen LogP contribution in [-0.4, -0.2) is 0 Å². The van der Waals surface area contributed by atoms with Crippen molar-refractivity contribution < 1.29 is 17.4 Å². The number of hydrogen-bond donors (Lipinski definition) is 0. The van der Waals surface area contributed by atoms with Gasteiger partial charge in [-0.2, -0.15) is 0 Å². The molecule has 1 aromatic rings. The van der Waals surface area contributed by atoms with E-state index in [1.807, 2.05) is 6.20 Å². The lowest BCUT2D eigenvalue weighted by Crippen LogP contribution is -3.00. The summed E-state index contributed by atoms with van der Waals surface area (Å²) in [5, 5.41) is 0. The Morgan fingerprint density at radius 2 is 1.92 bits per heavy atom. The molecule has 1 N–H and O–H groups in total. The molecule has 66 valence electrons. The zero-order valence-electron chi connectivity index (χ0n) is 7.15. The number of aryl methyl sites for hydroxylation is 2. The molecule has 0 aliphatic heterocycles. The molecular weight excluding hydrogens is 170 g/mol. The highest BCUT2D eigenvalue weighted by molar-refractivity contribution is 5.16. The second-order valence-corrected chi connectivity index (χ2v) is 3.23. The normalized spacial score (nSPS) is 15.7. The summed E-state index contributed by atoms with van der Waals surface area (Å²) < 4.78 is 0. The third kappa shape index (κ3) is 1.98. The molecule has 1 nitrogen and oxygen atoms in total. The van der Waals surface area contributed by atoms with E-state index < -0.39 is 0 Å². The predicted molar refractivity (Wildman–Crippen MR) is 44.3 cm³/mol. The fourth-order valence-electron chi connectivity index (χ4n) is 1.77. The minimum atomic E-state index is 0. The molecule has 2 heteroatoms. The Balaban J connectivity index is 0.000000720. The maximum atomic E-state index is 3.33. The Morgan fingerprint density at radius 1 is 1.08 bits per heavy atom. The molecule has 1 heterocycles. The number of nitrogens with one attached hydrogen (secondary N) is 1. The summed E-state index contributed by atoms with van der Waals surface area (Å²) in [4.78, 5) is 3.33. The van der Waals surface area contributed by atoms with Gasteiger partial charge in [0.15, 0.2) is 11.9 Å². The molecule has 0 radical (unpaired) electrons. The second kappa shape index (κ2) is 4.46. The highest BCUT2D eigenvalue weighted by Crippen LogP contribution is 2.15. The van der Waals surface area contributed by atoms with Gasteiger partial charge in [-0.05, 0) is 25.3 Å². The van der Waals surface area contributed by atoms with Gasteiger partial charge in [0.2, 0.25) is 0 Å². The van der Waals surface area contributed by atoms with Crippen LogP contribution in [0.4, 0.5) is 0 Å². The number of hydrogen-bond acceptors (Lipinski definition) is 0. The van der Waals surface area contributed by atoms with Crippen LogP contribution in [0.2, 0.25) is 0 Å². The van der Waals surface area contributed by atoms with Crippen molar-refractivity contribution in [1.82, 2.24) is 0 Å². The van der Waals surface area contributed by atoms with Crippen LogP contribution in [0.25, 0.3) is 0 Å². The summed E-state index contributed by atoms with van der Waals surface area (Å²) in [5.41, 5.74) is 3.00. The van der Waals surface area contributed by atoms with E-state index in [9.17, 15) is 0 Å². The van der Waals surface area contributed by atoms with Crippen LogP contribution in [0, 0.1) is 0 Å². The van der Waals surface area contributed by atoms with E-state index in [1.165, 1.54) is 43.4 Å². The second-order valence-electron chi connectivity index (χ2n) is 3.23. The monoisotopic (exact) mass is 183 g/mol. The van der Waals surface area contributed by atoms with Crippen molar-refractivity contribution in [3.05, 3.63) is 29.6 Å². The molecule has 1 aromatic heterocycles. The average molecular weight is 184 g/mol. The fourth-order valence-corrected chi connectivity index (χ4v) is 1.77. The fraction of sp³-hybridized carbons (Fsp3) is 0.500. The Hall–Kier alpha value is -0.560. The molecule has 0 unspecified atom stereocenters. The lowest BCUT2D eigenvalue weighted by atomic mass is 10.1. The highest BCUT2D eigenvalue weighted by atomic mass is 35.5. The van der Waals surface area contributed by atoms with Crippen molar-refractivity contribution in [1.29, 1.82) is 0 Å². The third-order valence-electron chi connectivity index (χ3n) is 2.41. The molecular formula is C10H14ClN. The molecule has 0 saturated heterocycles. The van der Waals surface area contributed by atoms with E-state index in [2.05, 4.69) is 17.1 Å². The number of pyridine rings is 1. The Morgan fingerprint density at radius 3 is 2.83 bits per heavy atom. The molecule has 0 amide bonds. The predicted octanol–water partition coefficient (Wildman–Crippen LogP) is -1.23. The maximum absolute atomic E-state index is 3.33. The van der Waals surface area contributed by atoms with Gasteiger partial charge >= 0.3 is 0 Å². The lowest BCUT2D eigenvalue weighted by molar-refractivity contribution is -0.390. The van der Waals surface area contributed by atoms with Crippen LogP contribution in [0.3, 0.4) is 0 Å². The number of aromatic nitrogens is 1. The Labute approximate surface area is 79.6 Å². The molecule has 1 aliphatic rings. The van der Waals surface area contributed by atoms with Crippen molar-refractivity contribution >= 4 is 0 Å². The summed E-state index contributed by atoms with van der Waals surface area (Å²) in [6, 6.07) is 4.35. The van der Waals surface area contributed by atoms with Crippen LogP contribution in [0.5, 0.6) is 0 Å². The van der Waals surface area contributed by atoms with E-state index in [-0.39, 0.29) is 12.4 Å². The van der Waals surface area contributed by atoms with E-state index in [1.54, 1.807) is 0 Å². The minimum Gasteiger partial charge on any atom is -1.00 e. The van der Waals surface area contributed by atoms with Crippen molar-refractivity contribution in [2.45, 2.75) is 32.1 Å². The average Bonchev–Trinajstić information content (AvgIpc) is 2.28. The summed E-state index contributed by atoms with van der Waals surface area (Å²) in [6.07, 6.45) is 8.66. The van der Waals surface area contributed by atoms with E-state index in [4.69, 9.17) is 0 Å². The van der Waals surface area contributed by atoms with Gasteiger partial charge in [0, 0.05) is 18.1 Å². The first-order valence-corrected chi connectivity index (χ1v) is 4.45. The molecule has 0 saturated carbocycles. The molecule has 1 aliphatic carbocycles. The number of fused-ring (bicyclic) bond motifs is 1. The number of halogens is 1. The van der Waals surface area contributed by atoms with Crippen LogP contribution in [0.1, 0.15) is 30.5 Å². The summed E-state index contributed by atoms with van der Waals surface area (Å²) in [5.74, 6) is 0. The molecule has 12 heavy (non-hydrogen) atoms. The quantitative estimate of drug-likeness (QED) is 0.448. The third-order valence-corrected chi connectivity index (χ3v) is 2.41. The van der Waals surface area contributed by atoms with Gasteiger partial charge < -0.3 is 12.4 Å². The maximum Gasteiger partial charge on any atom is 0.182 e. The molecule has 0 bridgehead atoms. The van der Waals surface area contributed by atoms with Crippen molar-refractivity contribution in [3.63, 3.8) is 0 Å².